The van der Waals surface area contributed by atoms with E-state index in [1.807, 2.05) is 24.3 Å². The van der Waals surface area contributed by atoms with Crippen LogP contribution in [0.1, 0.15) is 33.9 Å². The average Bonchev–Trinajstić information content (AvgIpc) is 3.10. The van der Waals surface area contributed by atoms with E-state index < -0.39 is 10.8 Å². The van der Waals surface area contributed by atoms with E-state index in [1.165, 1.54) is 31.9 Å². The van der Waals surface area contributed by atoms with Gasteiger partial charge in [0, 0.05) is 13.2 Å². The van der Waals surface area contributed by atoms with E-state index in [0.717, 1.165) is 18.4 Å². The Hall–Kier alpha value is -3.13. The molecule has 0 saturated heterocycles. The summed E-state index contributed by atoms with van der Waals surface area (Å²) >= 11 is 0. The lowest BCUT2D eigenvalue weighted by molar-refractivity contribution is -0.385. The normalized spacial score (nSPS) is 15.0. The second kappa shape index (κ2) is 8.71. The van der Waals surface area contributed by atoms with Crippen LogP contribution in [0, 0.1) is 10.1 Å². The Bertz CT molecular complexity index is 883. The number of benzene rings is 2. The minimum absolute atomic E-state index is 0.0645. The molecule has 0 saturated carbocycles. The molecule has 28 heavy (non-hydrogen) atoms. The molecule has 1 N–H and O–H groups in total. The SMILES string of the molecule is COCCOc1cc([N+](=O)[O-])c(C(=O)NC2CCc3ccccc32)cc1OC. The topological polar surface area (TPSA) is 99.9 Å². The van der Waals surface area contributed by atoms with Gasteiger partial charge in [-0.3, -0.25) is 14.9 Å². The van der Waals surface area contributed by atoms with Gasteiger partial charge in [-0.15, -0.1) is 0 Å². The highest BCUT2D eigenvalue weighted by Crippen LogP contribution is 2.36. The number of nitro benzene ring substituents is 1. The summed E-state index contributed by atoms with van der Waals surface area (Å²) in [6.45, 7) is 0.523. The number of ether oxygens (including phenoxy) is 3. The molecule has 8 nitrogen and oxygen atoms in total. The number of nitrogens with one attached hydrogen (secondary N) is 1. The van der Waals surface area contributed by atoms with E-state index in [4.69, 9.17) is 14.2 Å². The number of fused-ring (bicyclic) bond motifs is 1. The first-order chi connectivity index (χ1) is 13.5. The predicted octanol–water partition coefficient (Wildman–Crippen LogP) is 3.05. The summed E-state index contributed by atoms with van der Waals surface area (Å²) in [6, 6.07) is 10.3. The third kappa shape index (κ3) is 4.07. The molecule has 148 valence electrons. The van der Waals surface area contributed by atoms with Crippen molar-refractivity contribution in [2.45, 2.75) is 18.9 Å². The average molecular weight is 386 g/mol. The van der Waals surface area contributed by atoms with Gasteiger partial charge in [0.05, 0.1) is 30.7 Å². The van der Waals surface area contributed by atoms with Crippen LogP contribution in [0.25, 0.3) is 0 Å². The molecule has 2 aromatic carbocycles. The number of nitro groups is 1. The zero-order chi connectivity index (χ0) is 20.1. The number of hydrogen-bond donors (Lipinski definition) is 1. The van der Waals surface area contributed by atoms with Crippen LogP contribution in [-0.2, 0) is 11.2 Å². The zero-order valence-electron chi connectivity index (χ0n) is 15.8. The van der Waals surface area contributed by atoms with Gasteiger partial charge in [0.2, 0.25) is 0 Å². The van der Waals surface area contributed by atoms with Gasteiger partial charge in [0.15, 0.2) is 11.5 Å². The molecule has 3 rings (SSSR count). The third-order valence-corrected chi connectivity index (χ3v) is 4.71. The van der Waals surface area contributed by atoms with Crippen molar-refractivity contribution in [3.05, 3.63) is 63.2 Å². The van der Waals surface area contributed by atoms with E-state index in [9.17, 15) is 14.9 Å². The molecule has 1 unspecified atom stereocenters. The number of rotatable bonds is 8. The van der Waals surface area contributed by atoms with Gasteiger partial charge in [-0.05, 0) is 24.0 Å². The number of nitrogens with zero attached hydrogens (tertiary/aromatic N) is 1. The smallest absolute Gasteiger partial charge is 0.286 e. The highest BCUT2D eigenvalue weighted by Gasteiger charge is 2.29. The Morgan fingerprint density at radius 1 is 1.21 bits per heavy atom. The highest BCUT2D eigenvalue weighted by molar-refractivity contribution is 5.99. The minimum Gasteiger partial charge on any atom is -0.493 e. The zero-order valence-corrected chi connectivity index (χ0v) is 15.8. The van der Waals surface area contributed by atoms with E-state index >= 15 is 0 Å². The van der Waals surface area contributed by atoms with Gasteiger partial charge in [-0.25, -0.2) is 0 Å². The maximum absolute atomic E-state index is 12.8. The van der Waals surface area contributed by atoms with Crippen LogP contribution in [0.2, 0.25) is 0 Å². The first kappa shape index (κ1) is 19.6. The fourth-order valence-corrected chi connectivity index (χ4v) is 3.33. The second-order valence-corrected chi connectivity index (χ2v) is 6.38. The van der Waals surface area contributed by atoms with E-state index in [2.05, 4.69) is 5.32 Å². The Morgan fingerprint density at radius 2 is 2.00 bits per heavy atom. The van der Waals surface area contributed by atoms with Gasteiger partial charge >= 0.3 is 0 Å². The first-order valence-electron chi connectivity index (χ1n) is 8.92. The number of carbonyl (C=O) groups excluding carboxylic acids is 1. The van der Waals surface area contributed by atoms with Crippen molar-refractivity contribution in [1.82, 2.24) is 5.32 Å². The van der Waals surface area contributed by atoms with Crippen molar-refractivity contribution in [3.63, 3.8) is 0 Å². The molecular weight excluding hydrogens is 364 g/mol. The molecule has 8 heteroatoms. The van der Waals surface area contributed by atoms with Gasteiger partial charge in [0.25, 0.3) is 11.6 Å². The van der Waals surface area contributed by atoms with Crippen molar-refractivity contribution < 1.29 is 23.9 Å². The van der Waals surface area contributed by atoms with Crippen molar-refractivity contribution in [3.8, 4) is 11.5 Å². The molecule has 0 radical (unpaired) electrons. The van der Waals surface area contributed by atoms with Crippen molar-refractivity contribution in [2.75, 3.05) is 27.4 Å². The van der Waals surface area contributed by atoms with Gasteiger partial charge in [-0.2, -0.15) is 0 Å². The molecule has 1 amide bonds. The van der Waals surface area contributed by atoms with Crippen LogP contribution in [0.15, 0.2) is 36.4 Å². The van der Waals surface area contributed by atoms with Gasteiger partial charge < -0.3 is 19.5 Å². The van der Waals surface area contributed by atoms with Crippen LogP contribution in [0.3, 0.4) is 0 Å². The van der Waals surface area contributed by atoms with Crippen LogP contribution >= 0.6 is 0 Å². The minimum atomic E-state index is -0.597. The number of amides is 1. The number of hydrogen-bond acceptors (Lipinski definition) is 6. The van der Waals surface area contributed by atoms with E-state index in [-0.39, 0.29) is 35.4 Å². The van der Waals surface area contributed by atoms with Crippen LogP contribution < -0.4 is 14.8 Å². The molecule has 0 bridgehead atoms. The number of methoxy groups -OCH3 is 2. The van der Waals surface area contributed by atoms with Crippen LogP contribution in [-0.4, -0.2) is 38.3 Å². The lowest BCUT2D eigenvalue weighted by Crippen LogP contribution is -2.27. The Labute approximate surface area is 162 Å². The Kier molecular flexibility index (Phi) is 6.10. The highest BCUT2D eigenvalue weighted by atomic mass is 16.6. The van der Waals surface area contributed by atoms with Crippen LogP contribution in [0.5, 0.6) is 11.5 Å². The quantitative estimate of drug-likeness (QED) is 0.425. The van der Waals surface area contributed by atoms with Crippen molar-refractivity contribution >= 4 is 11.6 Å². The second-order valence-electron chi connectivity index (χ2n) is 6.38. The van der Waals surface area contributed by atoms with Gasteiger partial charge in [0.1, 0.15) is 12.2 Å². The lowest BCUT2D eigenvalue weighted by atomic mass is 10.1. The molecule has 0 aromatic heterocycles. The Balaban J connectivity index is 1.87. The molecule has 2 aromatic rings. The molecule has 1 aliphatic carbocycles. The fraction of sp³-hybridized carbons (Fsp3) is 0.350. The lowest BCUT2D eigenvalue weighted by Gasteiger charge is -2.16. The number of carbonyl (C=O) groups is 1. The standard InChI is InChI=1S/C20H22N2O6/c1-26-9-10-28-19-12-17(22(24)25)15(11-18(19)27-2)20(23)21-16-8-7-13-5-3-4-6-14(13)16/h3-6,11-12,16H,7-10H2,1-2H3,(H,21,23). The monoisotopic (exact) mass is 386 g/mol. The summed E-state index contributed by atoms with van der Waals surface area (Å²) in [6.07, 6.45) is 1.62. The maximum Gasteiger partial charge on any atom is 0.286 e. The van der Waals surface area contributed by atoms with Gasteiger partial charge in [-0.1, -0.05) is 24.3 Å². The molecule has 1 atom stereocenters. The molecule has 0 spiro atoms. The largest absolute Gasteiger partial charge is 0.493 e. The summed E-state index contributed by atoms with van der Waals surface area (Å²) in [7, 11) is 2.94. The summed E-state index contributed by atoms with van der Waals surface area (Å²) in [5.74, 6) is -0.0807. The summed E-state index contributed by atoms with van der Waals surface area (Å²) < 4.78 is 15.7. The number of aryl methyl sites for hydroxylation is 1. The fourth-order valence-electron chi connectivity index (χ4n) is 3.33. The first-order valence-corrected chi connectivity index (χ1v) is 8.92. The molecule has 0 aliphatic heterocycles. The van der Waals surface area contributed by atoms with Crippen molar-refractivity contribution in [1.29, 1.82) is 0 Å². The maximum atomic E-state index is 12.8. The Morgan fingerprint density at radius 3 is 2.71 bits per heavy atom. The summed E-state index contributed by atoms with van der Waals surface area (Å²) in [5, 5.41) is 14.5. The molecule has 0 fully saturated rings. The van der Waals surface area contributed by atoms with E-state index in [0.29, 0.717) is 6.61 Å². The molecule has 1 aliphatic rings. The third-order valence-electron chi connectivity index (χ3n) is 4.71. The predicted molar refractivity (Wildman–Crippen MR) is 102 cm³/mol. The summed E-state index contributed by atoms with van der Waals surface area (Å²) in [4.78, 5) is 23.8. The summed E-state index contributed by atoms with van der Waals surface area (Å²) in [5.41, 5.74) is 1.83. The molecular formula is C20H22N2O6. The van der Waals surface area contributed by atoms with Crippen LogP contribution in [0.4, 0.5) is 5.69 Å². The van der Waals surface area contributed by atoms with E-state index in [1.54, 1.807) is 0 Å². The van der Waals surface area contributed by atoms with Crippen molar-refractivity contribution in [2.24, 2.45) is 0 Å². The molecule has 0 heterocycles.